The van der Waals surface area contributed by atoms with Crippen molar-refractivity contribution in [1.82, 2.24) is 9.80 Å². The van der Waals surface area contributed by atoms with Gasteiger partial charge in [0.05, 0.1) is 6.61 Å². The van der Waals surface area contributed by atoms with Crippen LogP contribution in [0.3, 0.4) is 0 Å². The summed E-state index contributed by atoms with van der Waals surface area (Å²) in [6, 6.07) is -0.746. The average Bonchev–Trinajstić information content (AvgIpc) is 2.36. The second-order valence-electron chi connectivity index (χ2n) is 4.37. The summed E-state index contributed by atoms with van der Waals surface area (Å²) in [7, 11) is 1.49. The molecule has 8 nitrogen and oxygen atoms in total. The molecule has 0 aromatic rings. The Hall–Kier alpha value is -1.83. The molecule has 0 bridgehead atoms. The number of carbonyl (C=O) groups is 3. The van der Waals surface area contributed by atoms with Crippen molar-refractivity contribution in [2.24, 2.45) is 0 Å². The maximum Gasteiger partial charge on any atom is 0.323 e. The molecule has 0 aromatic carbocycles. The number of ether oxygens (including phenoxy) is 1. The van der Waals surface area contributed by atoms with Crippen LogP contribution in [0.4, 0.5) is 4.79 Å². The molecule has 1 atom stereocenters. The third kappa shape index (κ3) is 6.37. The molecule has 2 N–H and O–H groups in total. The molecular weight excluding hydrogens is 268 g/mol. The van der Waals surface area contributed by atoms with E-state index in [2.05, 4.69) is 0 Å². The van der Waals surface area contributed by atoms with E-state index in [1.54, 1.807) is 0 Å². The van der Waals surface area contributed by atoms with Crippen molar-refractivity contribution in [3.05, 3.63) is 0 Å². The van der Waals surface area contributed by atoms with Gasteiger partial charge in [-0.25, -0.2) is 4.79 Å². The molecule has 0 saturated heterocycles. The Kier molecular flexibility index (Phi) is 8.30. The first-order chi connectivity index (χ1) is 9.33. The molecule has 0 heterocycles. The summed E-state index contributed by atoms with van der Waals surface area (Å²) in [5.74, 6) is -2.51. The van der Waals surface area contributed by atoms with Gasteiger partial charge < -0.3 is 24.7 Å². The van der Waals surface area contributed by atoms with Gasteiger partial charge in [-0.1, -0.05) is 6.92 Å². The van der Waals surface area contributed by atoms with Crippen LogP contribution in [0.1, 0.15) is 20.3 Å². The lowest BCUT2D eigenvalue weighted by Crippen LogP contribution is -2.51. The zero-order chi connectivity index (χ0) is 15.7. The number of nitrogens with zero attached hydrogens (tertiary/aromatic N) is 2. The van der Waals surface area contributed by atoms with Crippen molar-refractivity contribution in [3.63, 3.8) is 0 Å². The Morgan fingerprint density at radius 2 is 1.65 bits per heavy atom. The van der Waals surface area contributed by atoms with Crippen molar-refractivity contribution in [1.29, 1.82) is 0 Å². The summed E-state index contributed by atoms with van der Waals surface area (Å²) in [6.45, 7) is 2.98. The normalized spacial score (nSPS) is 11.8. The zero-order valence-electron chi connectivity index (χ0n) is 12.0. The topological polar surface area (TPSA) is 107 Å². The zero-order valence-corrected chi connectivity index (χ0v) is 12.0. The Morgan fingerprint density at radius 3 is 2.00 bits per heavy atom. The fourth-order valence-corrected chi connectivity index (χ4v) is 1.61. The second-order valence-corrected chi connectivity index (χ2v) is 4.37. The van der Waals surface area contributed by atoms with Crippen molar-refractivity contribution in [3.8, 4) is 0 Å². The smallest absolute Gasteiger partial charge is 0.323 e. The van der Waals surface area contributed by atoms with Gasteiger partial charge in [0.25, 0.3) is 0 Å². The number of methoxy groups -OCH3 is 1. The summed E-state index contributed by atoms with van der Waals surface area (Å²) < 4.78 is 4.91. The molecule has 1 unspecified atom stereocenters. The van der Waals surface area contributed by atoms with Crippen LogP contribution >= 0.6 is 0 Å². The number of aliphatic carboxylic acids is 2. The molecule has 0 spiro atoms. The van der Waals surface area contributed by atoms with E-state index in [1.165, 1.54) is 12.0 Å². The number of carbonyl (C=O) groups excluding carboxylic acids is 1. The van der Waals surface area contributed by atoms with Gasteiger partial charge in [-0.15, -0.1) is 0 Å². The van der Waals surface area contributed by atoms with Crippen LogP contribution in [0.25, 0.3) is 0 Å². The highest BCUT2D eigenvalue weighted by Gasteiger charge is 2.27. The van der Waals surface area contributed by atoms with Crippen LogP contribution in [-0.2, 0) is 14.3 Å². The van der Waals surface area contributed by atoms with E-state index < -0.39 is 31.1 Å². The number of urea groups is 1. The Balaban J connectivity index is 5.00. The minimum Gasteiger partial charge on any atom is -0.480 e. The molecule has 0 saturated carbocycles. The van der Waals surface area contributed by atoms with Crippen LogP contribution in [0.5, 0.6) is 0 Å². The maximum atomic E-state index is 12.3. The first-order valence-electron chi connectivity index (χ1n) is 6.31. The Labute approximate surface area is 117 Å². The number of amides is 2. The number of hydrogen-bond donors (Lipinski definition) is 2. The predicted molar refractivity (Wildman–Crippen MR) is 70.6 cm³/mol. The van der Waals surface area contributed by atoms with Gasteiger partial charge >= 0.3 is 18.0 Å². The lowest BCUT2D eigenvalue weighted by Gasteiger charge is -2.32. The molecule has 8 heteroatoms. The lowest BCUT2D eigenvalue weighted by molar-refractivity contribution is -0.140. The fourth-order valence-electron chi connectivity index (χ4n) is 1.61. The van der Waals surface area contributed by atoms with Crippen molar-refractivity contribution >= 4 is 18.0 Å². The Morgan fingerprint density at radius 1 is 1.15 bits per heavy atom. The van der Waals surface area contributed by atoms with E-state index in [-0.39, 0.29) is 12.6 Å². The predicted octanol–water partition coefficient (Wildman–Crippen LogP) is 0.325. The molecule has 0 radical (unpaired) electrons. The van der Waals surface area contributed by atoms with Crippen LogP contribution < -0.4 is 0 Å². The SMILES string of the molecule is CCC(C)N(CCOC)C(=O)N(CC(=O)O)CC(=O)O. The molecule has 0 aliphatic carbocycles. The van der Waals surface area contributed by atoms with E-state index in [0.29, 0.717) is 13.0 Å². The number of hydrogen-bond acceptors (Lipinski definition) is 4. The fraction of sp³-hybridized carbons (Fsp3) is 0.750. The van der Waals surface area contributed by atoms with Crippen molar-refractivity contribution < 1.29 is 29.3 Å². The van der Waals surface area contributed by atoms with Gasteiger partial charge in [-0.2, -0.15) is 0 Å². The molecule has 116 valence electrons. The summed E-state index contributed by atoms with van der Waals surface area (Å²) in [5, 5.41) is 17.5. The average molecular weight is 290 g/mol. The van der Waals surface area contributed by atoms with Gasteiger partial charge in [0.15, 0.2) is 0 Å². The minimum absolute atomic E-state index is 0.136. The molecule has 20 heavy (non-hydrogen) atoms. The second kappa shape index (κ2) is 9.13. The molecule has 0 aliphatic heterocycles. The van der Waals surface area contributed by atoms with Crippen molar-refractivity contribution in [2.45, 2.75) is 26.3 Å². The summed E-state index contributed by atoms with van der Waals surface area (Å²) in [5.41, 5.74) is 0. The first-order valence-corrected chi connectivity index (χ1v) is 6.31. The molecule has 0 fully saturated rings. The minimum atomic E-state index is -1.25. The monoisotopic (exact) mass is 290 g/mol. The highest BCUT2D eigenvalue weighted by Crippen LogP contribution is 2.08. The number of carboxylic acid groups (broad SMARTS) is 2. The summed E-state index contributed by atoms with van der Waals surface area (Å²) in [6.07, 6.45) is 0.670. The van der Waals surface area contributed by atoms with Crippen LogP contribution in [0, 0.1) is 0 Å². The molecule has 0 aromatic heterocycles. The Bertz CT molecular complexity index is 331. The highest BCUT2D eigenvalue weighted by atomic mass is 16.5. The largest absolute Gasteiger partial charge is 0.480 e. The van der Waals surface area contributed by atoms with E-state index >= 15 is 0 Å². The first kappa shape index (κ1) is 18.2. The molecule has 2 amide bonds. The number of rotatable bonds is 9. The summed E-state index contributed by atoms with van der Waals surface area (Å²) >= 11 is 0. The maximum absolute atomic E-state index is 12.3. The van der Waals surface area contributed by atoms with E-state index in [1.807, 2.05) is 13.8 Å². The van der Waals surface area contributed by atoms with Gasteiger partial charge in [-0.3, -0.25) is 9.59 Å². The van der Waals surface area contributed by atoms with Gasteiger partial charge in [0.1, 0.15) is 13.1 Å². The summed E-state index contributed by atoms with van der Waals surface area (Å²) in [4.78, 5) is 36.0. The van der Waals surface area contributed by atoms with Crippen LogP contribution in [-0.4, -0.2) is 77.4 Å². The van der Waals surface area contributed by atoms with E-state index in [4.69, 9.17) is 14.9 Å². The lowest BCUT2D eigenvalue weighted by atomic mass is 10.2. The van der Waals surface area contributed by atoms with Crippen molar-refractivity contribution in [2.75, 3.05) is 33.4 Å². The molecule has 0 aliphatic rings. The van der Waals surface area contributed by atoms with Crippen LogP contribution in [0.15, 0.2) is 0 Å². The third-order valence-corrected chi connectivity index (χ3v) is 2.83. The quantitative estimate of drug-likeness (QED) is 0.633. The molecular formula is C12H22N2O6. The highest BCUT2D eigenvalue weighted by molar-refractivity contribution is 5.84. The standard InChI is InChI=1S/C12H22N2O6/c1-4-9(2)14(5-6-20-3)12(19)13(7-10(15)16)8-11(17)18/h9H,4-8H2,1-3H3,(H,15,16)(H,17,18). The van der Waals surface area contributed by atoms with E-state index in [9.17, 15) is 14.4 Å². The third-order valence-electron chi connectivity index (χ3n) is 2.83. The van der Waals surface area contributed by atoms with E-state index in [0.717, 1.165) is 4.90 Å². The number of carboxylic acids is 2. The van der Waals surface area contributed by atoms with Gasteiger partial charge in [0, 0.05) is 19.7 Å². The van der Waals surface area contributed by atoms with Gasteiger partial charge in [-0.05, 0) is 13.3 Å². The molecule has 0 rings (SSSR count). The van der Waals surface area contributed by atoms with Gasteiger partial charge in [0.2, 0.25) is 0 Å². The van der Waals surface area contributed by atoms with Crippen LogP contribution in [0.2, 0.25) is 0 Å².